The smallest absolute Gasteiger partial charge is 0.275 e. The van der Waals surface area contributed by atoms with E-state index in [4.69, 9.17) is 0 Å². The number of benzene rings is 1. The van der Waals surface area contributed by atoms with Crippen LogP contribution in [0.4, 0.5) is 0 Å². The Labute approximate surface area is 132 Å². The van der Waals surface area contributed by atoms with Crippen LogP contribution in [0.5, 0.6) is 0 Å². The Morgan fingerprint density at radius 2 is 1.96 bits per heavy atom. The Hall–Kier alpha value is -3.21. The zero-order chi connectivity index (χ0) is 15.6. The second kappa shape index (κ2) is 5.53. The topological polar surface area (TPSA) is 63.6 Å². The highest BCUT2D eigenvalue weighted by molar-refractivity contribution is 5.92. The largest absolute Gasteiger partial charge is 0.337 e. The molecule has 0 saturated heterocycles. The van der Waals surface area contributed by atoms with Gasteiger partial charge in [-0.05, 0) is 11.6 Å². The monoisotopic (exact) mass is 302 g/mol. The first kappa shape index (κ1) is 13.5. The third-order valence-corrected chi connectivity index (χ3v) is 3.82. The first-order valence-electron chi connectivity index (χ1n) is 7.34. The van der Waals surface area contributed by atoms with Crippen molar-refractivity contribution in [2.45, 2.75) is 6.54 Å². The van der Waals surface area contributed by atoms with E-state index in [1.807, 2.05) is 53.2 Å². The van der Waals surface area contributed by atoms with Crippen LogP contribution in [0.3, 0.4) is 0 Å². The van der Waals surface area contributed by atoms with Gasteiger partial charge in [0.25, 0.3) is 5.56 Å². The standard InChI is InChI=1S/C18H14N4O/c23-18-17-16(20-12-21-18)15(14-7-4-8-19-9-14)11-22(17)10-13-5-2-1-3-6-13/h1-9,11-12H,10H2,(H,20,21,23). The van der Waals surface area contributed by atoms with Crippen LogP contribution in [0.2, 0.25) is 0 Å². The van der Waals surface area contributed by atoms with Crippen LogP contribution >= 0.6 is 0 Å². The van der Waals surface area contributed by atoms with Gasteiger partial charge in [0, 0.05) is 36.3 Å². The van der Waals surface area contributed by atoms with Crippen molar-refractivity contribution < 1.29 is 0 Å². The van der Waals surface area contributed by atoms with Gasteiger partial charge in [0.15, 0.2) is 0 Å². The van der Waals surface area contributed by atoms with E-state index in [9.17, 15) is 4.79 Å². The summed E-state index contributed by atoms with van der Waals surface area (Å²) >= 11 is 0. The van der Waals surface area contributed by atoms with E-state index < -0.39 is 0 Å². The molecule has 4 aromatic rings. The van der Waals surface area contributed by atoms with Crippen LogP contribution in [0, 0.1) is 0 Å². The molecule has 0 fully saturated rings. The van der Waals surface area contributed by atoms with Crippen molar-refractivity contribution in [1.29, 1.82) is 0 Å². The average Bonchev–Trinajstić information content (AvgIpc) is 2.96. The van der Waals surface area contributed by atoms with Crippen LogP contribution in [-0.2, 0) is 6.54 Å². The molecule has 0 spiro atoms. The Morgan fingerprint density at radius 3 is 2.74 bits per heavy atom. The molecule has 3 aromatic heterocycles. The number of nitrogens with one attached hydrogen (secondary N) is 1. The van der Waals surface area contributed by atoms with Gasteiger partial charge in [-0.25, -0.2) is 4.98 Å². The molecular weight excluding hydrogens is 288 g/mol. The summed E-state index contributed by atoms with van der Waals surface area (Å²) < 4.78 is 1.94. The third-order valence-electron chi connectivity index (χ3n) is 3.82. The molecule has 5 nitrogen and oxygen atoms in total. The van der Waals surface area contributed by atoms with Gasteiger partial charge in [0.05, 0.1) is 6.33 Å². The number of nitrogens with zero attached hydrogens (tertiary/aromatic N) is 3. The number of aromatic amines is 1. The maximum atomic E-state index is 12.3. The first-order valence-corrected chi connectivity index (χ1v) is 7.34. The minimum atomic E-state index is -0.138. The highest BCUT2D eigenvalue weighted by Crippen LogP contribution is 2.27. The summed E-state index contributed by atoms with van der Waals surface area (Å²) in [6, 6.07) is 13.9. The van der Waals surface area contributed by atoms with Crippen LogP contribution < -0.4 is 5.56 Å². The van der Waals surface area contributed by atoms with Gasteiger partial charge >= 0.3 is 0 Å². The molecule has 112 valence electrons. The fourth-order valence-corrected chi connectivity index (χ4v) is 2.78. The minimum Gasteiger partial charge on any atom is -0.337 e. The molecule has 4 rings (SSSR count). The Bertz CT molecular complexity index is 1000. The molecule has 1 N–H and O–H groups in total. The maximum absolute atomic E-state index is 12.3. The predicted octanol–water partition coefficient (Wildman–Crippen LogP) is 2.83. The second-order valence-corrected chi connectivity index (χ2v) is 5.33. The quantitative estimate of drug-likeness (QED) is 0.633. The van der Waals surface area contributed by atoms with E-state index in [0.29, 0.717) is 17.6 Å². The summed E-state index contributed by atoms with van der Waals surface area (Å²) in [5.41, 5.74) is 4.12. The van der Waals surface area contributed by atoms with Crippen molar-refractivity contribution in [3.05, 3.63) is 83.3 Å². The molecule has 0 amide bonds. The number of hydrogen-bond donors (Lipinski definition) is 1. The van der Waals surface area contributed by atoms with E-state index in [2.05, 4.69) is 15.0 Å². The lowest BCUT2D eigenvalue weighted by Gasteiger charge is -2.04. The van der Waals surface area contributed by atoms with Crippen LogP contribution in [0.1, 0.15) is 5.56 Å². The summed E-state index contributed by atoms with van der Waals surface area (Å²) in [4.78, 5) is 23.5. The van der Waals surface area contributed by atoms with Crippen LogP contribution in [-0.4, -0.2) is 19.5 Å². The Kier molecular flexibility index (Phi) is 3.24. The molecule has 0 bridgehead atoms. The fraction of sp³-hybridized carbons (Fsp3) is 0.0556. The van der Waals surface area contributed by atoms with Crippen molar-refractivity contribution in [3.63, 3.8) is 0 Å². The number of hydrogen-bond acceptors (Lipinski definition) is 3. The normalized spacial score (nSPS) is 11.0. The number of aromatic nitrogens is 4. The predicted molar refractivity (Wildman–Crippen MR) is 89.1 cm³/mol. The first-order chi connectivity index (χ1) is 11.3. The van der Waals surface area contributed by atoms with Crippen molar-refractivity contribution in [1.82, 2.24) is 19.5 Å². The van der Waals surface area contributed by atoms with Crippen molar-refractivity contribution >= 4 is 11.0 Å². The van der Waals surface area contributed by atoms with E-state index in [0.717, 1.165) is 16.7 Å². The molecule has 1 aromatic carbocycles. The molecule has 0 atom stereocenters. The summed E-state index contributed by atoms with van der Waals surface area (Å²) in [6.45, 7) is 0.617. The van der Waals surface area contributed by atoms with E-state index in [1.165, 1.54) is 6.33 Å². The van der Waals surface area contributed by atoms with Crippen LogP contribution in [0.15, 0.2) is 72.2 Å². The summed E-state index contributed by atoms with van der Waals surface area (Å²) in [7, 11) is 0. The molecule has 5 heteroatoms. The number of fused-ring (bicyclic) bond motifs is 1. The summed E-state index contributed by atoms with van der Waals surface area (Å²) in [5, 5.41) is 0. The number of rotatable bonds is 3. The maximum Gasteiger partial charge on any atom is 0.275 e. The van der Waals surface area contributed by atoms with Crippen molar-refractivity contribution in [2.75, 3.05) is 0 Å². The van der Waals surface area contributed by atoms with Gasteiger partial charge in [-0.15, -0.1) is 0 Å². The van der Waals surface area contributed by atoms with E-state index >= 15 is 0 Å². The molecule has 0 radical (unpaired) electrons. The molecule has 0 aliphatic rings. The highest BCUT2D eigenvalue weighted by Gasteiger charge is 2.14. The van der Waals surface area contributed by atoms with E-state index in [-0.39, 0.29) is 5.56 Å². The second-order valence-electron chi connectivity index (χ2n) is 5.33. The van der Waals surface area contributed by atoms with Gasteiger partial charge in [-0.3, -0.25) is 9.78 Å². The zero-order valence-electron chi connectivity index (χ0n) is 12.3. The minimum absolute atomic E-state index is 0.138. The molecule has 3 heterocycles. The fourth-order valence-electron chi connectivity index (χ4n) is 2.78. The van der Waals surface area contributed by atoms with Gasteiger partial charge in [0.2, 0.25) is 0 Å². The van der Waals surface area contributed by atoms with Crippen molar-refractivity contribution in [2.24, 2.45) is 0 Å². The third kappa shape index (κ3) is 2.42. The highest BCUT2D eigenvalue weighted by atomic mass is 16.1. The lowest BCUT2D eigenvalue weighted by molar-refractivity contribution is 0.830. The molecule has 0 aliphatic carbocycles. The zero-order valence-corrected chi connectivity index (χ0v) is 12.3. The molecule has 23 heavy (non-hydrogen) atoms. The molecule has 0 aliphatic heterocycles. The molecule has 0 saturated carbocycles. The lowest BCUT2D eigenvalue weighted by atomic mass is 10.1. The Morgan fingerprint density at radius 1 is 1.09 bits per heavy atom. The van der Waals surface area contributed by atoms with Gasteiger partial charge < -0.3 is 9.55 Å². The van der Waals surface area contributed by atoms with Crippen molar-refractivity contribution in [3.8, 4) is 11.1 Å². The summed E-state index contributed by atoms with van der Waals surface area (Å²) in [5.74, 6) is 0. The average molecular weight is 302 g/mol. The SMILES string of the molecule is O=c1[nH]cnc2c(-c3cccnc3)cn(Cc3ccccc3)c12. The van der Waals surface area contributed by atoms with Gasteiger partial charge in [-0.1, -0.05) is 36.4 Å². The van der Waals surface area contributed by atoms with Crippen LogP contribution in [0.25, 0.3) is 22.2 Å². The lowest BCUT2D eigenvalue weighted by Crippen LogP contribution is -2.11. The number of pyridine rings is 1. The molecule has 0 unspecified atom stereocenters. The van der Waals surface area contributed by atoms with E-state index in [1.54, 1.807) is 12.4 Å². The summed E-state index contributed by atoms with van der Waals surface area (Å²) in [6.07, 6.45) is 6.92. The molecular formula is C18H14N4O. The number of H-pyrrole nitrogens is 1. The Balaban J connectivity index is 1.93. The van der Waals surface area contributed by atoms with Gasteiger partial charge in [-0.2, -0.15) is 0 Å². The van der Waals surface area contributed by atoms with Gasteiger partial charge in [0.1, 0.15) is 11.0 Å².